The van der Waals surface area contributed by atoms with Crippen LogP contribution in [0.5, 0.6) is 0 Å². The first-order valence-electron chi connectivity index (χ1n) is 18.9. The number of hydrogen-bond donors (Lipinski definition) is 1. The summed E-state index contributed by atoms with van der Waals surface area (Å²) in [6.45, 7) is 7.12. The first-order chi connectivity index (χ1) is 28.5. The predicted molar refractivity (Wildman–Crippen MR) is 240 cm³/mol. The van der Waals surface area contributed by atoms with E-state index in [0.29, 0.717) is 17.7 Å². The molecule has 322 valence electrons. The van der Waals surface area contributed by atoms with Crippen molar-refractivity contribution in [2.75, 3.05) is 13.3 Å². The average molecular weight is 925 g/mol. The van der Waals surface area contributed by atoms with Gasteiger partial charge >= 0.3 is 153 Å². The predicted octanol–water partition coefficient (Wildman–Crippen LogP) is 13.3. The average Bonchev–Trinajstić information content (AvgIpc) is 3.26. The molecule has 1 amide bonds. The van der Waals surface area contributed by atoms with Crippen molar-refractivity contribution >= 4 is 42.8 Å². The van der Waals surface area contributed by atoms with Gasteiger partial charge < -0.3 is 14.8 Å². The molecule has 0 heterocycles. The Morgan fingerprint density at radius 3 is 1.46 bits per heavy atom. The van der Waals surface area contributed by atoms with Gasteiger partial charge in [0.15, 0.2) is 0 Å². The molecule has 6 aromatic carbocycles. The molecule has 61 heavy (non-hydrogen) atoms. The number of carbonyl (C=O) groups excluding carboxylic acids is 1. The van der Waals surface area contributed by atoms with Gasteiger partial charge in [-0.25, -0.2) is 4.79 Å². The van der Waals surface area contributed by atoms with E-state index in [1.165, 1.54) is 28.9 Å². The molecule has 6 aromatic rings. The number of carbonyl (C=O) groups is 1. The van der Waals surface area contributed by atoms with Gasteiger partial charge in [-0.2, -0.15) is 26.3 Å². The summed E-state index contributed by atoms with van der Waals surface area (Å²) in [7, 11) is 0. The van der Waals surface area contributed by atoms with Crippen LogP contribution in [0.4, 0.5) is 31.1 Å². The number of benzene rings is 6. The molecular formula is C49H49BrF6NO3P. The van der Waals surface area contributed by atoms with Crippen molar-refractivity contribution in [3.8, 4) is 0 Å². The third-order valence-corrected chi connectivity index (χ3v) is 18.4. The molecule has 0 fully saturated rings. The summed E-state index contributed by atoms with van der Waals surface area (Å²) < 4.78 is 91.3. The van der Waals surface area contributed by atoms with E-state index in [2.05, 4.69) is 125 Å². The summed E-state index contributed by atoms with van der Waals surface area (Å²) in [5.41, 5.74) is -3.15. The van der Waals surface area contributed by atoms with E-state index in [-0.39, 0.29) is 38.7 Å². The van der Waals surface area contributed by atoms with Gasteiger partial charge in [-0.05, 0) is 48.2 Å². The number of rotatable bonds is 13. The Morgan fingerprint density at radius 1 is 0.672 bits per heavy atom. The van der Waals surface area contributed by atoms with Crippen molar-refractivity contribution in [2.45, 2.75) is 51.4 Å². The number of ether oxygens (including phenoxy) is 2. The normalized spacial score (nSPS) is 13.7. The molecule has 2 atom stereocenters. The first kappa shape index (κ1) is 48.4. The second-order valence-corrected chi connectivity index (χ2v) is 24.1. The zero-order valence-electron chi connectivity index (χ0n) is 33.0. The van der Waals surface area contributed by atoms with Crippen molar-refractivity contribution in [2.24, 2.45) is 0 Å². The molecule has 0 bridgehead atoms. The fourth-order valence-corrected chi connectivity index (χ4v) is 12.4. The number of alkyl halides is 6. The zero-order valence-corrected chi connectivity index (χ0v) is 35.4. The molecule has 0 aliphatic rings. The Balaban J connectivity index is 0.000000312. The summed E-state index contributed by atoms with van der Waals surface area (Å²) >= 11 is 4.24. The van der Waals surface area contributed by atoms with Crippen LogP contribution in [-0.4, -0.2) is 19.4 Å². The number of hydrogen-bond acceptors (Lipinski definition) is 3. The standard InChI is InChI=1S/C29H27F6NO3.C19H18BrP.CH4/c1-3-14-27(23-12-8-5-9-13-23,36-26(37)38-18-21-10-6-4-7-11-21)19-39-20(2)22-15-24(28(30,31)32)17-25(16-22)29(33,34)35;1-21(20,17-11-5-2-6-12-17,18-13-7-3-8-14-18)19-15-9-4-10-16-19;/h3-13,15-17,20H,1,14,18-19H2,2H3,(H,36,37);2-16H,1H3;1H4/t20-,27-;;/m1../s1. The maximum atomic E-state index is 13.4. The van der Waals surface area contributed by atoms with Gasteiger partial charge in [-0.1, -0.05) is 74.2 Å². The minimum atomic E-state index is -4.99. The van der Waals surface area contributed by atoms with Crippen molar-refractivity contribution in [3.05, 3.63) is 210 Å². The maximum absolute atomic E-state index is 13.4. The van der Waals surface area contributed by atoms with E-state index in [9.17, 15) is 31.1 Å². The summed E-state index contributed by atoms with van der Waals surface area (Å²) in [6.07, 6.45) is -10.3. The van der Waals surface area contributed by atoms with Crippen molar-refractivity contribution < 1.29 is 40.6 Å². The van der Waals surface area contributed by atoms with Crippen LogP contribution in [0, 0.1) is 0 Å². The Labute approximate surface area is 362 Å². The van der Waals surface area contributed by atoms with E-state index in [1.807, 2.05) is 6.07 Å². The Kier molecular flexibility index (Phi) is 16.3. The van der Waals surface area contributed by atoms with Crippen LogP contribution >= 0.6 is 20.8 Å². The van der Waals surface area contributed by atoms with E-state index < -0.39 is 46.5 Å². The molecule has 0 radical (unpaired) electrons. The van der Waals surface area contributed by atoms with Gasteiger partial charge in [0.25, 0.3) is 0 Å². The van der Waals surface area contributed by atoms with Crippen LogP contribution in [0.1, 0.15) is 54.7 Å². The number of amides is 1. The van der Waals surface area contributed by atoms with E-state index in [0.717, 1.165) is 5.56 Å². The first-order valence-corrected chi connectivity index (χ1v) is 23.6. The van der Waals surface area contributed by atoms with E-state index in [1.54, 1.807) is 54.6 Å². The molecule has 0 aliphatic heterocycles. The minimum absolute atomic E-state index is 0. The summed E-state index contributed by atoms with van der Waals surface area (Å²) in [5.74, 6) is 0. The SMILES string of the molecule is C.C=CC[C@](CO[C@H](C)c1cc(C(F)(F)F)cc(C(F)(F)F)c1)(NC(=O)OCc1ccccc1)c1ccccc1.CP(Br)(c1ccccc1)(c1ccccc1)c1ccccc1. The molecule has 0 aromatic heterocycles. The fourth-order valence-electron chi connectivity index (χ4n) is 6.75. The summed E-state index contributed by atoms with van der Waals surface area (Å²) in [5, 5.41) is 4.26. The molecule has 0 aliphatic carbocycles. The topological polar surface area (TPSA) is 47.6 Å². The van der Waals surface area contributed by atoms with Crippen LogP contribution in [0.15, 0.2) is 183 Å². The second kappa shape index (κ2) is 20.6. The molecule has 0 unspecified atom stereocenters. The molecule has 6 rings (SSSR count). The van der Waals surface area contributed by atoms with Crippen LogP contribution in [0.2, 0.25) is 0 Å². The quantitative estimate of drug-likeness (QED) is 0.0713. The van der Waals surface area contributed by atoms with Crippen LogP contribution < -0.4 is 21.2 Å². The molecule has 1 N–H and O–H groups in total. The van der Waals surface area contributed by atoms with E-state index >= 15 is 0 Å². The third kappa shape index (κ3) is 12.0. The number of halogens is 7. The second-order valence-electron chi connectivity index (χ2n) is 14.4. The molecule has 0 saturated heterocycles. The summed E-state index contributed by atoms with van der Waals surface area (Å²) in [6, 6.07) is 51.2. The van der Waals surface area contributed by atoms with Crippen LogP contribution in [0.3, 0.4) is 0 Å². The van der Waals surface area contributed by atoms with Crippen molar-refractivity contribution in [1.82, 2.24) is 5.32 Å². The van der Waals surface area contributed by atoms with Crippen molar-refractivity contribution in [1.29, 1.82) is 0 Å². The molecule has 4 nitrogen and oxygen atoms in total. The van der Waals surface area contributed by atoms with Gasteiger partial charge in [0, 0.05) is 0 Å². The third-order valence-electron chi connectivity index (χ3n) is 10.1. The van der Waals surface area contributed by atoms with Crippen molar-refractivity contribution in [3.63, 3.8) is 0 Å². The molecule has 0 saturated carbocycles. The summed E-state index contributed by atoms with van der Waals surface area (Å²) in [4.78, 5) is 12.8. The van der Waals surface area contributed by atoms with Gasteiger partial charge in [0.05, 0.1) is 29.4 Å². The fraction of sp³-hybridized carbons (Fsp3) is 0.204. The van der Waals surface area contributed by atoms with Gasteiger partial charge in [0.1, 0.15) is 6.61 Å². The zero-order chi connectivity index (χ0) is 43.5. The number of nitrogens with one attached hydrogen (secondary N) is 1. The Bertz CT molecular complexity index is 2160. The van der Waals surface area contributed by atoms with Gasteiger partial charge in [0.2, 0.25) is 0 Å². The molecule has 0 spiro atoms. The molecular weight excluding hydrogens is 875 g/mol. The monoisotopic (exact) mass is 923 g/mol. The van der Waals surface area contributed by atoms with Crippen LogP contribution in [-0.2, 0) is 34.0 Å². The van der Waals surface area contributed by atoms with Gasteiger partial charge in [-0.15, -0.1) is 6.58 Å². The van der Waals surface area contributed by atoms with E-state index in [4.69, 9.17) is 9.47 Å². The number of alkyl carbamates (subject to hydrolysis) is 1. The van der Waals surface area contributed by atoms with Crippen LogP contribution in [0.25, 0.3) is 0 Å². The Hall–Kier alpha value is -5.22. The Morgan fingerprint density at radius 2 is 1.07 bits per heavy atom. The van der Waals surface area contributed by atoms with Gasteiger partial charge in [-0.3, -0.25) is 0 Å². The molecule has 12 heteroatoms.